The predicted octanol–water partition coefficient (Wildman–Crippen LogP) is 4.07. The van der Waals surface area contributed by atoms with Crippen LogP contribution in [0.5, 0.6) is 5.75 Å². The predicted molar refractivity (Wildman–Crippen MR) is 130 cm³/mol. The van der Waals surface area contributed by atoms with Gasteiger partial charge < -0.3 is 14.6 Å². The van der Waals surface area contributed by atoms with Gasteiger partial charge in [-0.25, -0.2) is 0 Å². The number of ether oxygens (including phenoxy) is 1. The lowest BCUT2D eigenvalue weighted by atomic mass is 10.1. The Morgan fingerprint density at radius 2 is 1.97 bits per heavy atom. The van der Waals surface area contributed by atoms with Crippen molar-refractivity contribution in [3.8, 4) is 11.4 Å². The van der Waals surface area contributed by atoms with Gasteiger partial charge in [0.05, 0.1) is 21.9 Å². The Balaban J connectivity index is 0.00000245. The Hall–Kier alpha value is -2.80. The molecule has 1 N–H and O–H groups in total. The lowest BCUT2D eigenvalue weighted by molar-refractivity contribution is 0.300. The molecule has 5 rings (SSSR count). The largest absolute Gasteiger partial charge is 0.487 e. The fourth-order valence-corrected chi connectivity index (χ4v) is 4.37. The summed E-state index contributed by atoms with van der Waals surface area (Å²) in [5, 5.41) is 5.31. The van der Waals surface area contributed by atoms with E-state index in [1.165, 1.54) is 22.7 Å². The normalized spacial score (nSPS) is 13.3. The summed E-state index contributed by atoms with van der Waals surface area (Å²) in [7, 11) is 2.11. The zero-order valence-corrected chi connectivity index (χ0v) is 19.2. The Morgan fingerprint density at radius 3 is 2.75 bits per heavy atom. The van der Waals surface area contributed by atoms with Gasteiger partial charge >= 0.3 is 0 Å². The first-order chi connectivity index (χ1) is 15.1. The molecule has 0 bridgehead atoms. The maximum absolute atomic E-state index is 12.8. The summed E-state index contributed by atoms with van der Waals surface area (Å²) in [6.45, 7) is 2.27. The van der Waals surface area contributed by atoms with E-state index in [-0.39, 0.29) is 24.6 Å². The first-order valence-electron chi connectivity index (χ1n) is 10.4. The molecule has 0 spiro atoms. The molecule has 8 heteroatoms. The number of aryl methyl sites for hydroxylation is 1. The molecule has 3 aromatic heterocycles. The van der Waals surface area contributed by atoms with Gasteiger partial charge in [-0.05, 0) is 48.9 Å². The van der Waals surface area contributed by atoms with E-state index in [0.29, 0.717) is 10.8 Å². The zero-order chi connectivity index (χ0) is 21.4. The standard InChI is InChI=1S/C24H23ClN4O2.ClH/c1-28-22-7-10-26-9-6-21(22)20-5-4-18(12-23(20)28)29-11-8-19(13-24(29)30)31-15-17-3-2-16(25)14-27-17;/h2-5,8,11-14,26H,6-7,9-10,15H2,1H3;1H. The fraction of sp³-hybridized carbons (Fsp3) is 0.250. The first-order valence-corrected chi connectivity index (χ1v) is 10.8. The molecule has 1 aliphatic rings. The van der Waals surface area contributed by atoms with Crippen LogP contribution in [0.4, 0.5) is 0 Å². The molecule has 6 nitrogen and oxygen atoms in total. The molecule has 0 saturated carbocycles. The molecule has 0 aliphatic carbocycles. The molecule has 0 fully saturated rings. The van der Waals surface area contributed by atoms with Crippen LogP contribution in [0.15, 0.2) is 59.7 Å². The van der Waals surface area contributed by atoms with E-state index in [1.807, 2.05) is 6.07 Å². The van der Waals surface area contributed by atoms with Crippen molar-refractivity contribution in [2.45, 2.75) is 19.4 Å². The Labute approximate surface area is 197 Å². The van der Waals surface area contributed by atoms with Gasteiger partial charge in [-0.2, -0.15) is 0 Å². The van der Waals surface area contributed by atoms with Crippen molar-refractivity contribution in [3.05, 3.63) is 87.2 Å². The first kappa shape index (κ1) is 22.4. The summed E-state index contributed by atoms with van der Waals surface area (Å²) >= 11 is 5.86. The third-order valence-electron chi connectivity index (χ3n) is 5.86. The van der Waals surface area contributed by atoms with Crippen molar-refractivity contribution in [1.82, 2.24) is 19.4 Å². The SMILES string of the molecule is Cl.Cn1c2c(c3ccc(-n4ccc(OCc5ccc(Cl)cn5)cc4=O)cc31)CCNCC2. The molecule has 4 heterocycles. The van der Waals surface area contributed by atoms with Gasteiger partial charge in [0, 0.05) is 49.6 Å². The number of benzene rings is 1. The van der Waals surface area contributed by atoms with E-state index < -0.39 is 0 Å². The van der Waals surface area contributed by atoms with Gasteiger partial charge in [-0.3, -0.25) is 14.3 Å². The average Bonchev–Trinajstić information content (AvgIpc) is 2.93. The number of nitrogens with zero attached hydrogens (tertiary/aromatic N) is 3. The summed E-state index contributed by atoms with van der Waals surface area (Å²) in [4.78, 5) is 17.0. The Bertz CT molecular complexity index is 1310. The van der Waals surface area contributed by atoms with Crippen LogP contribution in [0.25, 0.3) is 16.6 Å². The highest BCUT2D eigenvalue weighted by Gasteiger charge is 2.17. The van der Waals surface area contributed by atoms with E-state index in [1.54, 1.807) is 35.2 Å². The number of hydrogen-bond donors (Lipinski definition) is 1. The van der Waals surface area contributed by atoms with E-state index >= 15 is 0 Å². The van der Waals surface area contributed by atoms with Crippen molar-refractivity contribution in [2.24, 2.45) is 7.05 Å². The number of hydrogen-bond acceptors (Lipinski definition) is 4. The number of pyridine rings is 2. The van der Waals surface area contributed by atoms with Crippen LogP contribution >= 0.6 is 24.0 Å². The minimum atomic E-state index is -0.138. The second-order valence-corrected chi connectivity index (χ2v) is 8.20. The highest BCUT2D eigenvalue weighted by molar-refractivity contribution is 6.30. The molecule has 0 unspecified atom stereocenters. The van der Waals surface area contributed by atoms with Crippen LogP contribution in [0.2, 0.25) is 5.02 Å². The monoisotopic (exact) mass is 470 g/mol. The van der Waals surface area contributed by atoms with Crippen molar-refractivity contribution in [2.75, 3.05) is 13.1 Å². The van der Waals surface area contributed by atoms with Crippen LogP contribution in [0.1, 0.15) is 17.0 Å². The quantitative estimate of drug-likeness (QED) is 0.488. The van der Waals surface area contributed by atoms with Crippen LogP contribution in [0, 0.1) is 0 Å². The summed E-state index contributed by atoms with van der Waals surface area (Å²) in [6.07, 6.45) is 5.38. The summed E-state index contributed by atoms with van der Waals surface area (Å²) in [5.74, 6) is 0.511. The van der Waals surface area contributed by atoms with Gasteiger partial charge in [0.2, 0.25) is 0 Å². The highest BCUT2D eigenvalue weighted by Crippen LogP contribution is 2.29. The zero-order valence-electron chi connectivity index (χ0n) is 17.7. The molecule has 0 amide bonds. The van der Waals surface area contributed by atoms with Crippen LogP contribution in [0.3, 0.4) is 0 Å². The molecule has 0 saturated heterocycles. The molecule has 1 aliphatic heterocycles. The molecular formula is C24H24Cl2N4O2. The fourth-order valence-electron chi connectivity index (χ4n) is 4.26. The highest BCUT2D eigenvalue weighted by atomic mass is 35.5. The van der Waals surface area contributed by atoms with Crippen LogP contribution < -0.4 is 15.6 Å². The number of aromatic nitrogens is 3. The third kappa shape index (κ3) is 4.26. The molecule has 166 valence electrons. The van der Waals surface area contributed by atoms with E-state index in [9.17, 15) is 4.79 Å². The second kappa shape index (κ2) is 9.36. The second-order valence-electron chi connectivity index (χ2n) is 7.76. The van der Waals surface area contributed by atoms with Crippen LogP contribution in [-0.2, 0) is 26.5 Å². The molecule has 0 radical (unpaired) electrons. The maximum atomic E-state index is 12.8. The van der Waals surface area contributed by atoms with Gasteiger partial charge in [-0.15, -0.1) is 12.4 Å². The summed E-state index contributed by atoms with van der Waals surface area (Å²) in [5.41, 5.74) is 5.41. The minimum absolute atomic E-state index is 0. The van der Waals surface area contributed by atoms with Gasteiger partial charge in [0.15, 0.2) is 0 Å². The molecule has 32 heavy (non-hydrogen) atoms. The average molecular weight is 471 g/mol. The summed E-state index contributed by atoms with van der Waals surface area (Å²) in [6, 6.07) is 13.1. The van der Waals surface area contributed by atoms with Crippen molar-refractivity contribution < 1.29 is 4.74 Å². The van der Waals surface area contributed by atoms with Crippen LogP contribution in [-0.4, -0.2) is 27.2 Å². The van der Waals surface area contributed by atoms with E-state index in [4.69, 9.17) is 16.3 Å². The topological polar surface area (TPSA) is 61.1 Å². The van der Waals surface area contributed by atoms with Crippen molar-refractivity contribution in [3.63, 3.8) is 0 Å². The van der Waals surface area contributed by atoms with E-state index in [0.717, 1.165) is 42.8 Å². The van der Waals surface area contributed by atoms with E-state index in [2.05, 4.69) is 34.0 Å². The number of nitrogens with one attached hydrogen (secondary N) is 1. The number of halogens is 2. The van der Waals surface area contributed by atoms with Crippen molar-refractivity contribution in [1.29, 1.82) is 0 Å². The lowest BCUT2D eigenvalue weighted by Gasteiger charge is -2.10. The maximum Gasteiger partial charge on any atom is 0.258 e. The Kier molecular flexibility index (Phi) is 6.55. The van der Waals surface area contributed by atoms with Crippen molar-refractivity contribution >= 4 is 34.9 Å². The van der Waals surface area contributed by atoms with Gasteiger partial charge in [0.25, 0.3) is 5.56 Å². The minimum Gasteiger partial charge on any atom is -0.487 e. The van der Waals surface area contributed by atoms with Gasteiger partial charge in [0.1, 0.15) is 12.4 Å². The molecule has 1 aromatic carbocycles. The van der Waals surface area contributed by atoms with Gasteiger partial charge in [-0.1, -0.05) is 17.7 Å². The summed E-state index contributed by atoms with van der Waals surface area (Å²) < 4.78 is 9.64. The number of rotatable bonds is 4. The lowest BCUT2D eigenvalue weighted by Crippen LogP contribution is -2.17. The number of fused-ring (bicyclic) bond motifs is 3. The molecular weight excluding hydrogens is 447 g/mol. The molecule has 4 aromatic rings. The smallest absolute Gasteiger partial charge is 0.258 e. The Morgan fingerprint density at radius 1 is 1.12 bits per heavy atom. The molecule has 0 atom stereocenters. The third-order valence-corrected chi connectivity index (χ3v) is 6.08.